The Labute approximate surface area is 104 Å². The molecular formula is C15H23NO. The van der Waals surface area contributed by atoms with Crippen LogP contribution in [0.1, 0.15) is 57.2 Å². The van der Waals surface area contributed by atoms with Gasteiger partial charge in [0.05, 0.1) is 5.69 Å². The first-order valence-corrected chi connectivity index (χ1v) is 6.94. The molecule has 0 bridgehead atoms. The van der Waals surface area contributed by atoms with Crippen molar-refractivity contribution >= 4 is 0 Å². The summed E-state index contributed by atoms with van der Waals surface area (Å²) in [6, 6.07) is 6.14. The van der Waals surface area contributed by atoms with Gasteiger partial charge in [0.25, 0.3) is 0 Å². The van der Waals surface area contributed by atoms with Gasteiger partial charge < -0.3 is 4.74 Å². The Morgan fingerprint density at radius 2 is 2.12 bits per heavy atom. The maximum Gasteiger partial charge on any atom is 0.102 e. The molecule has 1 aromatic rings. The van der Waals surface area contributed by atoms with Gasteiger partial charge in [0, 0.05) is 12.8 Å². The van der Waals surface area contributed by atoms with E-state index >= 15 is 0 Å². The molecule has 17 heavy (non-hydrogen) atoms. The third-order valence-corrected chi connectivity index (χ3v) is 3.56. The van der Waals surface area contributed by atoms with Gasteiger partial charge in [-0.2, -0.15) is 0 Å². The van der Waals surface area contributed by atoms with Crippen LogP contribution in [0, 0.1) is 5.92 Å². The molecule has 1 atom stereocenters. The quantitative estimate of drug-likeness (QED) is 0.763. The standard InChI is InChI=1S/C15H23NO/c1-2-12-17-15(13-8-4-3-5-9-13)14-10-6-7-11-16-14/h6-7,10-11,13,15H,2-5,8-9,12H2,1H3. The van der Waals surface area contributed by atoms with Crippen LogP contribution in [-0.4, -0.2) is 11.6 Å². The van der Waals surface area contributed by atoms with E-state index in [9.17, 15) is 0 Å². The minimum atomic E-state index is 0.219. The normalized spacial score (nSPS) is 19.1. The minimum absolute atomic E-state index is 0.219. The summed E-state index contributed by atoms with van der Waals surface area (Å²) in [6.07, 6.45) is 9.86. The second kappa shape index (κ2) is 6.75. The smallest absolute Gasteiger partial charge is 0.102 e. The zero-order valence-electron chi connectivity index (χ0n) is 10.8. The average Bonchev–Trinajstić information content (AvgIpc) is 2.42. The molecule has 0 aliphatic heterocycles. The van der Waals surface area contributed by atoms with Gasteiger partial charge in [-0.1, -0.05) is 32.3 Å². The molecule has 2 nitrogen and oxygen atoms in total. The maximum absolute atomic E-state index is 6.05. The maximum atomic E-state index is 6.05. The van der Waals surface area contributed by atoms with E-state index in [0.717, 1.165) is 18.7 Å². The predicted molar refractivity (Wildman–Crippen MR) is 69.8 cm³/mol. The van der Waals surface area contributed by atoms with Crippen molar-refractivity contribution in [3.63, 3.8) is 0 Å². The van der Waals surface area contributed by atoms with Gasteiger partial charge in [-0.3, -0.25) is 4.98 Å². The number of hydrogen-bond donors (Lipinski definition) is 0. The molecule has 1 unspecified atom stereocenters. The van der Waals surface area contributed by atoms with Crippen molar-refractivity contribution in [3.8, 4) is 0 Å². The van der Waals surface area contributed by atoms with Gasteiger partial charge in [0.15, 0.2) is 0 Å². The summed E-state index contributed by atoms with van der Waals surface area (Å²) in [5.41, 5.74) is 1.12. The summed E-state index contributed by atoms with van der Waals surface area (Å²) in [4.78, 5) is 4.48. The van der Waals surface area contributed by atoms with E-state index in [-0.39, 0.29) is 6.10 Å². The number of nitrogens with zero attached hydrogens (tertiary/aromatic N) is 1. The van der Waals surface area contributed by atoms with Crippen molar-refractivity contribution in [1.82, 2.24) is 4.98 Å². The molecule has 0 aromatic carbocycles. The number of hydrogen-bond acceptors (Lipinski definition) is 2. The van der Waals surface area contributed by atoms with E-state index in [4.69, 9.17) is 4.74 Å². The number of pyridine rings is 1. The van der Waals surface area contributed by atoms with Crippen LogP contribution >= 0.6 is 0 Å². The van der Waals surface area contributed by atoms with Crippen LogP contribution in [0.3, 0.4) is 0 Å². The molecule has 0 saturated heterocycles. The lowest BCUT2D eigenvalue weighted by molar-refractivity contribution is -0.00384. The number of rotatable bonds is 5. The highest BCUT2D eigenvalue weighted by atomic mass is 16.5. The van der Waals surface area contributed by atoms with Crippen LogP contribution in [0.25, 0.3) is 0 Å². The first-order valence-electron chi connectivity index (χ1n) is 6.94. The highest BCUT2D eigenvalue weighted by molar-refractivity contribution is 5.08. The summed E-state index contributed by atoms with van der Waals surface area (Å²) in [6.45, 7) is 3.01. The molecule has 2 heteroatoms. The Hall–Kier alpha value is -0.890. The van der Waals surface area contributed by atoms with Crippen molar-refractivity contribution in [3.05, 3.63) is 30.1 Å². The molecule has 2 rings (SSSR count). The monoisotopic (exact) mass is 233 g/mol. The van der Waals surface area contributed by atoms with Crippen LogP contribution in [0.2, 0.25) is 0 Å². The molecule has 0 spiro atoms. The fraction of sp³-hybridized carbons (Fsp3) is 0.667. The first kappa shape index (κ1) is 12.6. The fourth-order valence-electron chi connectivity index (χ4n) is 2.69. The summed E-state index contributed by atoms with van der Waals surface area (Å²) in [5, 5.41) is 0. The number of ether oxygens (including phenoxy) is 1. The van der Waals surface area contributed by atoms with E-state index in [1.54, 1.807) is 0 Å². The van der Waals surface area contributed by atoms with Crippen LogP contribution in [0.15, 0.2) is 24.4 Å². The second-order valence-corrected chi connectivity index (χ2v) is 4.94. The van der Waals surface area contributed by atoms with E-state index in [1.807, 2.05) is 12.3 Å². The molecule has 1 aliphatic carbocycles. The summed E-state index contributed by atoms with van der Waals surface area (Å²) in [5.74, 6) is 0.671. The Bertz CT molecular complexity index is 306. The van der Waals surface area contributed by atoms with Gasteiger partial charge in [-0.05, 0) is 37.3 Å². The highest BCUT2D eigenvalue weighted by Gasteiger charge is 2.26. The second-order valence-electron chi connectivity index (χ2n) is 4.94. The van der Waals surface area contributed by atoms with E-state index in [1.165, 1.54) is 32.1 Å². The Morgan fingerprint density at radius 1 is 1.29 bits per heavy atom. The largest absolute Gasteiger partial charge is 0.372 e. The van der Waals surface area contributed by atoms with Gasteiger partial charge in [0.1, 0.15) is 6.10 Å². The van der Waals surface area contributed by atoms with Crippen molar-refractivity contribution in [2.24, 2.45) is 5.92 Å². The Balaban J connectivity index is 2.06. The zero-order chi connectivity index (χ0) is 11.9. The summed E-state index contributed by atoms with van der Waals surface area (Å²) < 4.78 is 6.05. The number of aromatic nitrogens is 1. The lowest BCUT2D eigenvalue weighted by Gasteiger charge is -2.29. The predicted octanol–water partition coefficient (Wildman–Crippen LogP) is 4.13. The van der Waals surface area contributed by atoms with Crippen LogP contribution in [-0.2, 0) is 4.74 Å². The van der Waals surface area contributed by atoms with Gasteiger partial charge >= 0.3 is 0 Å². The van der Waals surface area contributed by atoms with E-state index < -0.39 is 0 Å². The zero-order valence-corrected chi connectivity index (χ0v) is 10.8. The van der Waals surface area contributed by atoms with E-state index in [0.29, 0.717) is 5.92 Å². The lowest BCUT2D eigenvalue weighted by atomic mass is 9.84. The lowest BCUT2D eigenvalue weighted by Crippen LogP contribution is -2.20. The van der Waals surface area contributed by atoms with Gasteiger partial charge in [-0.25, -0.2) is 0 Å². The van der Waals surface area contributed by atoms with E-state index in [2.05, 4.69) is 24.0 Å². The molecule has 0 amide bonds. The van der Waals surface area contributed by atoms with Gasteiger partial charge in [-0.15, -0.1) is 0 Å². The molecule has 1 aromatic heterocycles. The first-order chi connectivity index (χ1) is 8.42. The molecule has 1 fully saturated rings. The molecule has 1 saturated carbocycles. The van der Waals surface area contributed by atoms with Crippen LogP contribution in [0.5, 0.6) is 0 Å². The van der Waals surface area contributed by atoms with Crippen molar-refractivity contribution < 1.29 is 4.74 Å². The van der Waals surface area contributed by atoms with Crippen LogP contribution in [0.4, 0.5) is 0 Å². The summed E-state index contributed by atoms with van der Waals surface area (Å²) in [7, 11) is 0. The molecule has 1 aliphatic rings. The van der Waals surface area contributed by atoms with Crippen molar-refractivity contribution in [2.45, 2.75) is 51.6 Å². The van der Waals surface area contributed by atoms with Gasteiger partial charge in [0.2, 0.25) is 0 Å². The Morgan fingerprint density at radius 3 is 2.76 bits per heavy atom. The SMILES string of the molecule is CCCOC(c1ccccn1)C1CCCCC1. The highest BCUT2D eigenvalue weighted by Crippen LogP contribution is 2.36. The molecule has 0 radical (unpaired) electrons. The topological polar surface area (TPSA) is 22.1 Å². The third-order valence-electron chi connectivity index (χ3n) is 3.56. The van der Waals surface area contributed by atoms with Crippen LogP contribution < -0.4 is 0 Å². The summed E-state index contributed by atoms with van der Waals surface area (Å²) >= 11 is 0. The third kappa shape index (κ3) is 3.53. The average molecular weight is 233 g/mol. The molecule has 1 heterocycles. The minimum Gasteiger partial charge on any atom is -0.372 e. The Kier molecular flexibility index (Phi) is 4.99. The van der Waals surface area contributed by atoms with Crippen molar-refractivity contribution in [2.75, 3.05) is 6.61 Å². The molecular weight excluding hydrogens is 210 g/mol. The molecule has 94 valence electrons. The molecule has 0 N–H and O–H groups in total. The van der Waals surface area contributed by atoms with Crippen molar-refractivity contribution in [1.29, 1.82) is 0 Å². The fourth-order valence-corrected chi connectivity index (χ4v) is 2.69.